The van der Waals surface area contributed by atoms with Gasteiger partial charge in [-0.25, -0.2) is 9.97 Å². The van der Waals surface area contributed by atoms with Gasteiger partial charge >= 0.3 is 0 Å². The van der Waals surface area contributed by atoms with Gasteiger partial charge in [0.2, 0.25) is 0 Å². The second-order valence-corrected chi connectivity index (χ2v) is 6.36. The maximum Gasteiger partial charge on any atom is 0.277 e. The summed E-state index contributed by atoms with van der Waals surface area (Å²) in [5.41, 5.74) is 2.38. The number of nitrogens with zero attached hydrogens (tertiary/aromatic N) is 3. The minimum Gasteiger partial charge on any atom is -0.451 e. The fraction of sp³-hybridized carbons (Fsp3) is 0.263. The van der Waals surface area contributed by atoms with E-state index in [1.165, 1.54) is 25.3 Å². The summed E-state index contributed by atoms with van der Waals surface area (Å²) < 4.78 is 9.75. The zero-order valence-corrected chi connectivity index (χ0v) is 14.5. The quantitative estimate of drug-likeness (QED) is 0.762. The summed E-state index contributed by atoms with van der Waals surface area (Å²) in [5, 5.41) is 2.90. The molecule has 0 saturated carbocycles. The van der Waals surface area contributed by atoms with Crippen LogP contribution in [0.25, 0.3) is 0 Å². The highest BCUT2D eigenvalue weighted by Gasteiger charge is 2.27. The zero-order valence-electron chi connectivity index (χ0n) is 14.5. The second kappa shape index (κ2) is 7.45. The van der Waals surface area contributed by atoms with E-state index < -0.39 is 0 Å². The van der Waals surface area contributed by atoms with Crippen LogP contribution < -0.4 is 5.32 Å². The molecule has 2 aromatic heterocycles. The van der Waals surface area contributed by atoms with Crippen molar-refractivity contribution in [3.05, 3.63) is 66.5 Å². The van der Waals surface area contributed by atoms with Crippen molar-refractivity contribution in [1.82, 2.24) is 14.9 Å². The number of hydrogen-bond acceptors (Lipinski definition) is 6. The van der Waals surface area contributed by atoms with Crippen LogP contribution in [0.4, 0.5) is 5.69 Å². The Morgan fingerprint density at radius 3 is 2.33 bits per heavy atom. The van der Waals surface area contributed by atoms with Gasteiger partial charge in [0.15, 0.2) is 24.2 Å². The van der Waals surface area contributed by atoms with Gasteiger partial charge in [-0.3, -0.25) is 9.59 Å². The van der Waals surface area contributed by atoms with E-state index in [1.54, 1.807) is 4.90 Å². The Morgan fingerprint density at radius 1 is 1.00 bits per heavy atom. The minimum absolute atomic E-state index is 0.116. The number of carbonyl (C=O) groups is 2. The van der Waals surface area contributed by atoms with Gasteiger partial charge in [0, 0.05) is 18.8 Å². The highest BCUT2D eigenvalue weighted by atomic mass is 16.3. The van der Waals surface area contributed by atoms with Gasteiger partial charge in [-0.15, -0.1) is 0 Å². The molecule has 2 amide bonds. The third-order valence-electron chi connectivity index (χ3n) is 4.75. The fourth-order valence-electron chi connectivity index (χ4n) is 3.35. The maximum atomic E-state index is 12.4. The lowest BCUT2D eigenvalue weighted by Gasteiger charge is -2.32. The van der Waals surface area contributed by atoms with Crippen LogP contribution in [0, 0.1) is 0 Å². The molecule has 8 heteroatoms. The SMILES string of the molecule is O=C(Nc1ccccc1C1CCN(C(=O)c2cocn2)CC1)c1cocn1. The molecule has 1 aromatic carbocycles. The third-order valence-corrected chi connectivity index (χ3v) is 4.75. The standard InChI is InChI=1S/C19H18N4O4/c24-18(16-9-26-11-20-16)22-15-4-2-1-3-14(15)13-5-7-23(8-6-13)19(25)17-10-27-12-21-17/h1-4,9-13H,5-8H2,(H,22,24). The predicted octanol–water partition coefficient (Wildman–Crippen LogP) is 2.93. The molecule has 1 saturated heterocycles. The molecule has 1 aliphatic heterocycles. The van der Waals surface area contributed by atoms with E-state index in [0.717, 1.165) is 24.1 Å². The van der Waals surface area contributed by atoms with Crippen LogP contribution in [-0.4, -0.2) is 39.8 Å². The van der Waals surface area contributed by atoms with Crippen LogP contribution >= 0.6 is 0 Å². The van der Waals surface area contributed by atoms with Crippen LogP contribution in [0.15, 0.2) is 58.4 Å². The number of hydrogen-bond donors (Lipinski definition) is 1. The summed E-state index contributed by atoms with van der Waals surface area (Å²) in [6.45, 7) is 1.25. The first kappa shape index (κ1) is 17.0. The van der Waals surface area contributed by atoms with Gasteiger partial charge in [-0.1, -0.05) is 18.2 Å². The van der Waals surface area contributed by atoms with E-state index in [9.17, 15) is 9.59 Å². The average molecular weight is 366 g/mol. The molecule has 4 rings (SSSR count). The number of aromatic nitrogens is 2. The van der Waals surface area contributed by atoms with E-state index in [4.69, 9.17) is 8.83 Å². The average Bonchev–Trinajstić information content (AvgIpc) is 3.42. The number of anilines is 1. The summed E-state index contributed by atoms with van der Waals surface area (Å²) in [5.74, 6) is -0.176. The Balaban J connectivity index is 1.44. The van der Waals surface area contributed by atoms with E-state index in [1.807, 2.05) is 24.3 Å². The minimum atomic E-state index is -0.310. The van der Waals surface area contributed by atoms with Crippen molar-refractivity contribution in [2.75, 3.05) is 18.4 Å². The van der Waals surface area contributed by atoms with Crippen molar-refractivity contribution in [3.8, 4) is 0 Å². The first-order valence-electron chi connectivity index (χ1n) is 8.68. The fourth-order valence-corrected chi connectivity index (χ4v) is 3.35. The van der Waals surface area contributed by atoms with Gasteiger partial charge in [-0.05, 0) is 30.4 Å². The molecule has 138 valence electrons. The van der Waals surface area contributed by atoms with Crippen LogP contribution in [0.2, 0.25) is 0 Å². The number of para-hydroxylation sites is 1. The second-order valence-electron chi connectivity index (χ2n) is 6.36. The summed E-state index contributed by atoms with van der Waals surface area (Å²) in [6.07, 6.45) is 6.77. The normalized spacial score (nSPS) is 14.9. The van der Waals surface area contributed by atoms with Gasteiger partial charge in [0.1, 0.15) is 12.5 Å². The van der Waals surface area contributed by atoms with Crippen molar-refractivity contribution < 1.29 is 18.4 Å². The van der Waals surface area contributed by atoms with Gasteiger partial charge in [-0.2, -0.15) is 0 Å². The van der Waals surface area contributed by atoms with Crippen LogP contribution in [0.1, 0.15) is 45.3 Å². The molecule has 3 aromatic rings. The summed E-state index contributed by atoms with van der Waals surface area (Å²) >= 11 is 0. The Labute approximate surface area is 155 Å². The lowest BCUT2D eigenvalue weighted by molar-refractivity contribution is 0.0707. The highest BCUT2D eigenvalue weighted by molar-refractivity contribution is 6.03. The van der Waals surface area contributed by atoms with E-state index in [2.05, 4.69) is 15.3 Å². The lowest BCUT2D eigenvalue weighted by Crippen LogP contribution is -2.38. The molecule has 0 radical (unpaired) electrons. The van der Waals surface area contributed by atoms with E-state index in [0.29, 0.717) is 18.8 Å². The number of likely N-dealkylation sites (tertiary alicyclic amines) is 1. The molecule has 27 heavy (non-hydrogen) atoms. The lowest BCUT2D eigenvalue weighted by atomic mass is 9.88. The number of rotatable bonds is 4. The zero-order chi connectivity index (χ0) is 18.6. The molecule has 0 bridgehead atoms. The molecule has 0 unspecified atom stereocenters. The third kappa shape index (κ3) is 3.59. The first-order valence-corrected chi connectivity index (χ1v) is 8.68. The molecular formula is C19H18N4O4. The van der Waals surface area contributed by atoms with Crippen LogP contribution in [0.5, 0.6) is 0 Å². The molecule has 3 heterocycles. The largest absolute Gasteiger partial charge is 0.451 e. The van der Waals surface area contributed by atoms with E-state index >= 15 is 0 Å². The smallest absolute Gasteiger partial charge is 0.277 e. The van der Waals surface area contributed by atoms with Crippen molar-refractivity contribution >= 4 is 17.5 Å². The Bertz CT molecular complexity index is 913. The number of piperidine rings is 1. The Morgan fingerprint density at radius 2 is 1.67 bits per heavy atom. The Hall–Kier alpha value is -3.42. The van der Waals surface area contributed by atoms with Crippen molar-refractivity contribution in [2.24, 2.45) is 0 Å². The maximum absolute atomic E-state index is 12.4. The molecule has 1 aliphatic rings. The molecule has 1 N–H and O–H groups in total. The Kier molecular flexibility index (Phi) is 4.69. The molecule has 0 aliphatic carbocycles. The molecule has 8 nitrogen and oxygen atoms in total. The van der Waals surface area contributed by atoms with Crippen molar-refractivity contribution in [1.29, 1.82) is 0 Å². The molecule has 0 spiro atoms. The predicted molar refractivity (Wildman–Crippen MR) is 95.3 cm³/mol. The monoisotopic (exact) mass is 366 g/mol. The summed E-state index contributed by atoms with van der Waals surface area (Å²) in [6, 6.07) is 7.72. The topological polar surface area (TPSA) is 101 Å². The van der Waals surface area contributed by atoms with Gasteiger partial charge in [0.25, 0.3) is 11.8 Å². The van der Waals surface area contributed by atoms with Crippen LogP contribution in [0.3, 0.4) is 0 Å². The van der Waals surface area contributed by atoms with Crippen LogP contribution in [-0.2, 0) is 0 Å². The number of oxazole rings is 2. The molecular weight excluding hydrogens is 348 g/mol. The number of nitrogens with one attached hydrogen (secondary N) is 1. The van der Waals surface area contributed by atoms with E-state index in [-0.39, 0.29) is 23.4 Å². The number of carbonyl (C=O) groups excluding carboxylic acids is 2. The summed E-state index contributed by atoms with van der Waals surface area (Å²) in [7, 11) is 0. The molecule has 1 fully saturated rings. The number of benzene rings is 1. The number of amides is 2. The summed E-state index contributed by atoms with van der Waals surface area (Å²) in [4.78, 5) is 34.2. The van der Waals surface area contributed by atoms with Crippen molar-refractivity contribution in [2.45, 2.75) is 18.8 Å². The molecule has 0 atom stereocenters. The van der Waals surface area contributed by atoms with Crippen molar-refractivity contribution in [3.63, 3.8) is 0 Å². The van der Waals surface area contributed by atoms with Gasteiger partial charge < -0.3 is 19.1 Å². The first-order chi connectivity index (χ1) is 13.2. The highest BCUT2D eigenvalue weighted by Crippen LogP contribution is 2.33. The van der Waals surface area contributed by atoms with Gasteiger partial charge in [0.05, 0.1) is 0 Å².